The van der Waals surface area contributed by atoms with E-state index in [1.54, 1.807) is 12.4 Å². The van der Waals surface area contributed by atoms with Gasteiger partial charge in [0.2, 0.25) is 0 Å². The molecule has 0 spiro atoms. The highest BCUT2D eigenvalue weighted by molar-refractivity contribution is 8.00. The first-order valence-corrected chi connectivity index (χ1v) is 10.5. The molecule has 6 heteroatoms. The van der Waals surface area contributed by atoms with Crippen LogP contribution in [0.15, 0.2) is 53.9 Å². The van der Waals surface area contributed by atoms with Gasteiger partial charge in [-0.15, -0.1) is 10.2 Å². The molecule has 1 aromatic carbocycles. The van der Waals surface area contributed by atoms with Crippen molar-refractivity contribution in [1.82, 2.24) is 19.7 Å². The van der Waals surface area contributed by atoms with E-state index in [9.17, 15) is 4.79 Å². The number of Topliss-reactive ketones (excluding diaryl/α,β-unsaturated/α-hetero) is 1. The van der Waals surface area contributed by atoms with Gasteiger partial charge in [0.25, 0.3) is 0 Å². The molecule has 0 fully saturated rings. The van der Waals surface area contributed by atoms with Crippen LogP contribution in [0, 0.1) is 0 Å². The maximum atomic E-state index is 12.7. The van der Waals surface area contributed by atoms with E-state index in [1.165, 1.54) is 17.3 Å². The number of carbonyl (C=O) groups is 1. The number of aromatic nitrogens is 4. The Morgan fingerprint density at radius 1 is 1.11 bits per heavy atom. The second kappa shape index (κ2) is 9.15. The first kappa shape index (κ1) is 20.3. The van der Waals surface area contributed by atoms with Gasteiger partial charge >= 0.3 is 0 Å². The minimum absolute atomic E-state index is 0.191. The molecule has 0 radical (unpaired) electrons. The molecule has 0 amide bonds. The van der Waals surface area contributed by atoms with Crippen LogP contribution in [0.2, 0.25) is 0 Å². The maximum absolute atomic E-state index is 12.7. The monoisotopic (exact) mass is 394 g/mol. The average Bonchev–Trinajstić information content (AvgIpc) is 3.11. The Bertz CT molecular complexity index is 919. The molecule has 3 aromatic rings. The molecule has 0 saturated carbocycles. The summed E-state index contributed by atoms with van der Waals surface area (Å²) < 4.78 is 2.03. The number of hydrogen-bond donors (Lipinski definition) is 0. The summed E-state index contributed by atoms with van der Waals surface area (Å²) in [6.45, 7) is 9.06. The van der Waals surface area contributed by atoms with Gasteiger partial charge in [-0.05, 0) is 43.0 Å². The highest BCUT2D eigenvalue weighted by Crippen LogP contribution is 2.27. The molecular formula is C22H26N4OS. The first-order chi connectivity index (χ1) is 13.5. The average molecular weight is 395 g/mol. The van der Waals surface area contributed by atoms with E-state index in [1.807, 2.05) is 23.6 Å². The van der Waals surface area contributed by atoms with E-state index in [-0.39, 0.29) is 11.0 Å². The Kier molecular flexibility index (Phi) is 6.62. The number of hydrogen-bond acceptors (Lipinski definition) is 5. The molecular weight excluding hydrogens is 368 g/mol. The number of ketones is 1. The molecule has 5 nitrogen and oxygen atoms in total. The number of pyridine rings is 1. The van der Waals surface area contributed by atoms with E-state index >= 15 is 0 Å². The third-order valence-electron chi connectivity index (χ3n) is 4.71. The number of rotatable bonds is 8. The quantitative estimate of drug-likeness (QED) is 0.515. The Labute approximate surface area is 170 Å². The Morgan fingerprint density at radius 2 is 1.86 bits per heavy atom. The summed E-state index contributed by atoms with van der Waals surface area (Å²) in [5.41, 5.74) is 3.26. The SMILES string of the molecule is CCn1c(SC(C)C(=O)Cc2ccc(C(C)C)cc2)nnc1-c1cccnc1. The van der Waals surface area contributed by atoms with Crippen LogP contribution in [-0.2, 0) is 17.8 Å². The standard InChI is InChI=1S/C22H26N4OS/c1-5-26-21(19-7-6-12-23-14-19)24-25-22(26)28-16(4)20(27)13-17-8-10-18(11-9-17)15(2)3/h6-12,14-16H,5,13H2,1-4H3. The Morgan fingerprint density at radius 3 is 2.46 bits per heavy atom. The lowest BCUT2D eigenvalue weighted by atomic mass is 10.00. The van der Waals surface area contributed by atoms with Crippen molar-refractivity contribution in [3.63, 3.8) is 0 Å². The summed E-state index contributed by atoms with van der Waals surface area (Å²) in [4.78, 5) is 16.9. The van der Waals surface area contributed by atoms with Crippen LogP contribution in [0.3, 0.4) is 0 Å². The van der Waals surface area contributed by atoms with Crippen LogP contribution in [0.25, 0.3) is 11.4 Å². The van der Waals surface area contributed by atoms with Crippen LogP contribution in [0.1, 0.15) is 44.7 Å². The van der Waals surface area contributed by atoms with Crippen molar-refractivity contribution in [2.24, 2.45) is 0 Å². The summed E-state index contributed by atoms with van der Waals surface area (Å²) in [6.07, 6.45) is 3.95. The smallest absolute Gasteiger partial charge is 0.192 e. The van der Waals surface area contributed by atoms with Crippen LogP contribution < -0.4 is 0 Å². The molecule has 0 saturated heterocycles. The minimum Gasteiger partial charge on any atom is -0.302 e. The third kappa shape index (κ3) is 4.68. The maximum Gasteiger partial charge on any atom is 0.192 e. The first-order valence-electron chi connectivity index (χ1n) is 9.61. The number of thioether (sulfide) groups is 1. The molecule has 0 bridgehead atoms. The summed E-state index contributed by atoms with van der Waals surface area (Å²) in [6, 6.07) is 12.2. The third-order valence-corrected chi connectivity index (χ3v) is 5.84. The Balaban J connectivity index is 1.69. The van der Waals surface area contributed by atoms with Crippen molar-refractivity contribution >= 4 is 17.5 Å². The largest absolute Gasteiger partial charge is 0.302 e. The van der Waals surface area contributed by atoms with Crippen LogP contribution in [0.5, 0.6) is 0 Å². The van der Waals surface area contributed by atoms with Gasteiger partial charge in [-0.25, -0.2) is 0 Å². The predicted octanol–water partition coefficient (Wildman–Crippen LogP) is 4.78. The zero-order chi connectivity index (χ0) is 20.1. The van der Waals surface area contributed by atoms with Crippen molar-refractivity contribution in [3.8, 4) is 11.4 Å². The van der Waals surface area contributed by atoms with E-state index < -0.39 is 0 Å². The van der Waals surface area contributed by atoms with E-state index in [0.29, 0.717) is 12.3 Å². The summed E-state index contributed by atoms with van der Waals surface area (Å²) in [5.74, 6) is 1.46. The van der Waals surface area contributed by atoms with Crippen molar-refractivity contribution in [3.05, 3.63) is 59.9 Å². The van der Waals surface area contributed by atoms with E-state index in [2.05, 4.69) is 60.2 Å². The fraction of sp³-hybridized carbons (Fsp3) is 0.364. The fourth-order valence-electron chi connectivity index (χ4n) is 2.96. The van der Waals surface area contributed by atoms with Gasteiger partial charge in [0.05, 0.1) is 5.25 Å². The normalized spacial score (nSPS) is 12.3. The molecule has 2 aromatic heterocycles. The van der Waals surface area contributed by atoms with Crippen molar-refractivity contribution in [2.75, 3.05) is 0 Å². The summed E-state index contributed by atoms with van der Waals surface area (Å²) in [7, 11) is 0. The molecule has 0 aliphatic carbocycles. The number of benzene rings is 1. The second-order valence-corrected chi connectivity index (χ2v) is 8.40. The molecule has 28 heavy (non-hydrogen) atoms. The lowest BCUT2D eigenvalue weighted by Gasteiger charge is -2.12. The van der Waals surface area contributed by atoms with Gasteiger partial charge in [0.15, 0.2) is 11.0 Å². The predicted molar refractivity (Wildman–Crippen MR) is 113 cm³/mol. The highest BCUT2D eigenvalue weighted by atomic mass is 32.2. The Hall–Kier alpha value is -2.47. The second-order valence-electron chi connectivity index (χ2n) is 7.09. The molecule has 0 aliphatic heterocycles. The van der Waals surface area contributed by atoms with Crippen LogP contribution in [0.4, 0.5) is 0 Å². The van der Waals surface area contributed by atoms with Crippen molar-refractivity contribution < 1.29 is 4.79 Å². The van der Waals surface area contributed by atoms with Gasteiger partial charge in [0.1, 0.15) is 5.78 Å². The van der Waals surface area contributed by atoms with Gasteiger partial charge in [-0.3, -0.25) is 9.78 Å². The molecule has 0 N–H and O–H groups in total. The molecule has 2 heterocycles. The topological polar surface area (TPSA) is 60.7 Å². The molecule has 1 atom stereocenters. The van der Waals surface area contributed by atoms with Gasteiger partial charge in [0, 0.05) is 30.9 Å². The number of nitrogens with zero attached hydrogens (tertiary/aromatic N) is 4. The van der Waals surface area contributed by atoms with Gasteiger partial charge in [-0.2, -0.15) is 0 Å². The molecule has 0 aliphatic rings. The van der Waals surface area contributed by atoms with Gasteiger partial charge < -0.3 is 4.57 Å². The van der Waals surface area contributed by atoms with E-state index in [4.69, 9.17) is 0 Å². The lowest BCUT2D eigenvalue weighted by Crippen LogP contribution is -2.17. The van der Waals surface area contributed by atoms with Crippen molar-refractivity contribution in [2.45, 2.75) is 57.0 Å². The van der Waals surface area contributed by atoms with Crippen molar-refractivity contribution in [1.29, 1.82) is 0 Å². The van der Waals surface area contributed by atoms with Gasteiger partial charge in [-0.1, -0.05) is 49.9 Å². The zero-order valence-corrected chi connectivity index (χ0v) is 17.6. The summed E-state index contributed by atoms with van der Waals surface area (Å²) in [5, 5.41) is 9.21. The number of carbonyl (C=O) groups excluding carboxylic acids is 1. The molecule has 146 valence electrons. The van der Waals surface area contributed by atoms with E-state index in [0.717, 1.165) is 28.7 Å². The lowest BCUT2D eigenvalue weighted by molar-refractivity contribution is -0.117. The van der Waals surface area contributed by atoms with Crippen LogP contribution in [-0.4, -0.2) is 30.8 Å². The molecule has 3 rings (SSSR count). The highest BCUT2D eigenvalue weighted by Gasteiger charge is 2.20. The summed E-state index contributed by atoms with van der Waals surface area (Å²) >= 11 is 1.47. The fourth-order valence-corrected chi connectivity index (χ4v) is 3.92. The minimum atomic E-state index is -0.193. The molecule has 1 unspecified atom stereocenters. The zero-order valence-electron chi connectivity index (χ0n) is 16.8. The van der Waals surface area contributed by atoms with Crippen LogP contribution >= 0.6 is 11.8 Å².